The summed E-state index contributed by atoms with van der Waals surface area (Å²) in [5, 5.41) is 9.16. The molecule has 0 aliphatic carbocycles. The van der Waals surface area contributed by atoms with Crippen LogP contribution in [0.1, 0.15) is 36.6 Å². The Morgan fingerprint density at radius 3 is 2.42 bits per heavy atom. The standard InChI is InChI=1S/C15H24N4/c1-4-18-7-5-13(6-8-18)10-19-12(3)11(2)14(9-16)15(19)17/h13H,4-8,10,17H2,1-3H3. The minimum atomic E-state index is 0.649. The average Bonchev–Trinajstić information content (AvgIpc) is 2.63. The smallest absolute Gasteiger partial charge is 0.122 e. The fraction of sp³-hybridized carbons (Fsp3) is 0.667. The predicted molar refractivity (Wildman–Crippen MR) is 77.9 cm³/mol. The number of aromatic nitrogens is 1. The SMILES string of the molecule is CCN1CCC(Cn2c(C)c(C)c(C#N)c2N)CC1. The van der Waals surface area contributed by atoms with Gasteiger partial charge in [0.1, 0.15) is 11.9 Å². The maximum atomic E-state index is 9.16. The van der Waals surface area contributed by atoms with E-state index in [-0.39, 0.29) is 0 Å². The molecule has 0 atom stereocenters. The molecule has 0 radical (unpaired) electrons. The Labute approximate surface area is 115 Å². The second-order valence-corrected chi connectivity index (χ2v) is 5.57. The van der Waals surface area contributed by atoms with Gasteiger partial charge in [-0.25, -0.2) is 0 Å². The molecule has 2 N–H and O–H groups in total. The third-order valence-corrected chi connectivity index (χ3v) is 4.58. The fourth-order valence-electron chi connectivity index (χ4n) is 3.01. The fourth-order valence-corrected chi connectivity index (χ4v) is 3.01. The van der Waals surface area contributed by atoms with Crippen LogP contribution in [0.15, 0.2) is 0 Å². The largest absolute Gasteiger partial charge is 0.384 e. The number of nitriles is 1. The highest BCUT2D eigenvalue weighted by molar-refractivity contribution is 5.57. The monoisotopic (exact) mass is 260 g/mol. The molecule has 104 valence electrons. The molecular formula is C15H24N4. The van der Waals surface area contributed by atoms with Gasteiger partial charge in [-0.2, -0.15) is 5.26 Å². The molecule has 1 saturated heterocycles. The molecule has 4 nitrogen and oxygen atoms in total. The number of anilines is 1. The molecule has 4 heteroatoms. The summed E-state index contributed by atoms with van der Waals surface area (Å²) in [6.07, 6.45) is 2.46. The average molecular weight is 260 g/mol. The van der Waals surface area contributed by atoms with Gasteiger partial charge in [0.2, 0.25) is 0 Å². The zero-order valence-corrected chi connectivity index (χ0v) is 12.2. The number of likely N-dealkylation sites (tertiary alicyclic amines) is 1. The molecule has 2 heterocycles. The molecule has 2 rings (SSSR count). The van der Waals surface area contributed by atoms with Crippen LogP contribution in [0.5, 0.6) is 0 Å². The summed E-state index contributed by atoms with van der Waals surface area (Å²) in [7, 11) is 0. The molecule has 1 aliphatic rings. The quantitative estimate of drug-likeness (QED) is 0.907. The van der Waals surface area contributed by atoms with E-state index in [0.717, 1.165) is 24.3 Å². The lowest BCUT2D eigenvalue weighted by molar-refractivity contribution is 0.181. The highest BCUT2D eigenvalue weighted by Gasteiger charge is 2.22. The normalized spacial score (nSPS) is 17.6. The number of piperidine rings is 1. The zero-order chi connectivity index (χ0) is 14.0. The molecule has 0 unspecified atom stereocenters. The summed E-state index contributed by atoms with van der Waals surface area (Å²) in [4.78, 5) is 2.49. The van der Waals surface area contributed by atoms with E-state index in [1.54, 1.807) is 0 Å². The van der Waals surface area contributed by atoms with Crippen molar-refractivity contribution in [1.82, 2.24) is 9.47 Å². The zero-order valence-electron chi connectivity index (χ0n) is 12.2. The Morgan fingerprint density at radius 1 is 1.32 bits per heavy atom. The number of nitrogens with zero attached hydrogens (tertiary/aromatic N) is 3. The van der Waals surface area contributed by atoms with Crippen LogP contribution in [0, 0.1) is 31.1 Å². The van der Waals surface area contributed by atoms with Crippen LogP contribution in [0.25, 0.3) is 0 Å². The van der Waals surface area contributed by atoms with E-state index >= 15 is 0 Å². The number of hydrogen-bond donors (Lipinski definition) is 1. The van der Waals surface area contributed by atoms with E-state index in [0.29, 0.717) is 17.3 Å². The Bertz CT molecular complexity index is 487. The van der Waals surface area contributed by atoms with Crippen molar-refractivity contribution in [3.05, 3.63) is 16.8 Å². The lowest BCUT2D eigenvalue weighted by atomic mass is 9.96. The van der Waals surface area contributed by atoms with Gasteiger partial charge in [-0.3, -0.25) is 0 Å². The van der Waals surface area contributed by atoms with Crippen LogP contribution in [-0.4, -0.2) is 29.1 Å². The number of hydrogen-bond acceptors (Lipinski definition) is 3. The Balaban J connectivity index is 2.11. The van der Waals surface area contributed by atoms with Crippen molar-refractivity contribution in [3.63, 3.8) is 0 Å². The second-order valence-electron chi connectivity index (χ2n) is 5.57. The van der Waals surface area contributed by atoms with E-state index < -0.39 is 0 Å². The number of rotatable bonds is 3. The van der Waals surface area contributed by atoms with E-state index in [2.05, 4.69) is 29.4 Å². The molecular weight excluding hydrogens is 236 g/mol. The van der Waals surface area contributed by atoms with Crippen LogP contribution in [0.3, 0.4) is 0 Å². The minimum Gasteiger partial charge on any atom is -0.384 e. The van der Waals surface area contributed by atoms with Gasteiger partial charge in [0, 0.05) is 12.2 Å². The van der Waals surface area contributed by atoms with E-state index in [1.807, 2.05) is 6.92 Å². The van der Waals surface area contributed by atoms with Crippen LogP contribution in [0.4, 0.5) is 5.82 Å². The Kier molecular flexibility index (Phi) is 4.16. The summed E-state index contributed by atoms with van der Waals surface area (Å²) in [6.45, 7) is 10.7. The molecule has 1 aromatic rings. The van der Waals surface area contributed by atoms with Crippen molar-refractivity contribution < 1.29 is 0 Å². The summed E-state index contributed by atoms with van der Waals surface area (Å²) in [6, 6.07) is 2.22. The molecule has 1 aromatic heterocycles. The van der Waals surface area contributed by atoms with Gasteiger partial charge in [0.05, 0.1) is 5.56 Å². The topological polar surface area (TPSA) is 58.0 Å². The predicted octanol–water partition coefficient (Wildman–Crippen LogP) is 2.29. The van der Waals surface area contributed by atoms with Crippen LogP contribution < -0.4 is 5.73 Å². The number of nitrogens with two attached hydrogens (primary N) is 1. The first-order valence-electron chi connectivity index (χ1n) is 7.16. The first-order valence-corrected chi connectivity index (χ1v) is 7.16. The minimum absolute atomic E-state index is 0.649. The highest BCUT2D eigenvalue weighted by Crippen LogP contribution is 2.27. The van der Waals surface area contributed by atoms with Crippen LogP contribution in [-0.2, 0) is 6.54 Å². The van der Waals surface area contributed by atoms with Crippen molar-refractivity contribution in [2.75, 3.05) is 25.4 Å². The van der Waals surface area contributed by atoms with Gasteiger partial charge < -0.3 is 15.2 Å². The van der Waals surface area contributed by atoms with Crippen molar-refractivity contribution >= 4 is 5.82 Å². The van der Waals surface area contributed by atoms with E-state index in [1.165, 1.54) is 25.9 Å². The van der Waals surface area contributed by atoms with Crippen molar-refractivity contribution in [3.8, 4) is 6.07 Å². The van der Waals surface area contributed by atoms with E-state index in [9.17, 15) is 0 Å². The second kappa shape index (κ2) is 5.66. The first kappa shape index (κ1) is 14.0. The molecule has 0 spiro atoms. The lowest BCUT2D eigenvalue weighted by Crippen LogP contribution is -2.34. The molecule has 1 aliphatic heterocycles. The molecule has 0 bridgehead atoms. The van der Waals surface area contributed by atoms with Crippen molar-refractivity contribution in [2.24, 2.45) is 5.92 Å². The Hall–Kier alpha value is -1.47. The van der Waals surface area contributed by atoms with Crippen molar-refractivity contribution in [1.29, 1.82) is 5.26 Å². The van der Waals surface area contributed by atoms with Gasteiger partial charge >= 0.3 is 0 Å². The third-order valence-electron chi connectivity index (χ3n) is 4.58. The summed E-state index contributed by atoms with van der Waals surface area (Å²) >= 11 is 0. The number of nitrogen functional groups attached to an aromatic ring is 1. The maximum absolute atomic E-state index is 9.16. The van der Waals surface area contributed by atoms with Gasteiger partial charge in [-0.15, -0.1) is 0 Å². The lowest BCUT2D eigenvalue weighted by Gasteiger charge is -2.31. The van der Waals surface area contributed by atoms with Gasteiger partial charge in [-0.1, -0.05) is 6.92 Å². The third kappa shape index (κ3) is 2.62. The summed E-state index contributed by atoms with van der Waals surface area (Å²) < 4.78 is 2.14. The van der Waals surface area contributed by atoms with Gasteiger partial charge in [-0.05, 0) is 57.8 Å². The molecule has 1 fully saturated rings. The molecule has 19 heavy (non-hydrogen) atoms. The molecule has 0 aromatic carbocycles. The first-order chi connectivity index (χ1) is 9.08. The van der Waals surface area contributed by atoms with Gasteiger partial charge in [0.25, 0.3) is 0 Å². The molecule has 0 amide bonds. The van der Waals surface area contributed by atoms with Gasteiger partial charge in [0.15, 0.2) is 0 Å². The van der Waals surface area contributed by atoms with Crippen molar-refractivity contribution in [2.45, 2.75) is 40.2 Å². The Morgan fingerprint density at radius 2 is 1.95 bits per heavy atom. The molecule has 0 saturated carbocycles. The summed E-state index contributed by atoms with van der Waals surface area (Å²) in [5.41, 5.74) is 8.95. The maximum Gasteiger partial charge on any atom is 0.122 e. The highest BCUT2D eigenvalue weighted by atomic mass is 15.1. The summed E-state index contributed by atoms with van der Waals surface area (Å²) in [5.74, 6) is 1.33. The van der Waals surface area contributed by atoms with E-state index in [4.69, 9.17) is 11.0 Å². The van der Waals surface area contributed by atoms with Crippen LogP contribution >= 0.6 is 0 Å². The van der Waals surface area contributed by atoms with Crippen LogP contribution in [0.2, 0.25) is 0 Å².